The van der Waals surface area contributed by atoms with Crippen LogP contribution in [0.3, 0.4) is 0 Å². The van der Waals surface area contributed by atoms with Crippen molar-refractivity contribution in [2.24, 2.45) is 0 Å². The molecule has 2 N–H and O–H groups in total. The fourth-order valence-corrected chi connectivity index (χ4v) is 2.74. The number of hydrogen-bond acceptors (Lipinski definition) is 6. The molecule has 2 heterocycles. The molecule has 3 aromatic rings. The van der Waals surface area contributed by atoms with Crippen LogP contribution in [-0.2, 0) is 5.75 Å². The van der Waals surface area contributed by atoms with Gasteiger partial charge in [-0.05, 0) is 24.1 Å². The number of nitrogen functional groups attached to an aromatic ring is 1. The quantitative estimate of drug-likeness (QED) is 0.744. The van der Waals surface area contributed by atoms with Gasteiger partial charge in [0, 0.05) is 18.1 Å². The van der Waals surface area contributed by atoms with E-state index in [0.29, 0.717) is 11.1 Å². The molecule has 0 amide bonds. The Balaban J connectivity index is 1.81. The van der Waals surface area contributed by atoms with Crippen LogP contribution in [0.25, 0.3) is 5.95 Å². The summed E-state index contributed by atoms with van der Waals surface area (Å²) in [7, 11) is 0. The first-order valence-corrected chi connectivity index (χ1v) is 7.40. The summed E-state index contributed by atoms with van der Waals surface area (Å²) in [5.74, 6) is 1.41. The molecule has 1 aromatic carbocycles. The van der Waals surface area contributed by atoms with Crippen molar-refractivity contribution in [1.82, 2.24) is 24.7 Å². The highest BCUT2D eigenvalue weighted by atomic mass is 32.2. The van der Waals surface area contributed by atoms with Gasteiger partial charge in [0.05, 0.1) is 0 Å². The zero-order chi connectivity index (χ0) is 14.7. The second-order valence-corrected chi connectivity index (χ2v) is 5.38. The van der Waals surface area contributed by atoms with E-state index < -0.39 is 0 Å². The minimum Gasteiger partial charge on any atom is -0.368 e. The highest BCUT2D eigenvalue weighted by molar-refractivity contribution is 7.98. The lowest BCUT2D eigenvalue weighted by Crippen LogP contribution is -2.07. The first-order chi connectivity index (χ1) is 10.2. The summed E-state index contributed by atoms with van der Waals surface area (Å²) < 4.78 is 1.57. The molecule has 7 heteroatoms. The molecular formula is C14H14N6S. The van der Waals surface area contributed by atoms with E-state index in [1.807, 2.05) is 12.1 Å². The molecule has 0 saturated heterocycles. The third kappa shape index (κ3) is 3.19. The third-order valence-electron chi connectivity index (χ3n) is 2.95. The van der Waals surface area contributed by atoms with Crippen molar-refractivity contribution in [3.63, 3.8) is 0 Å². The molecule has 2 aromatic heterocycles. The second kappa shape index (κ2) is 5.92. The molecular weight excluding hydrogens is 284 g/mol. The van der Waals surface area contributed by atoms with Crippen LogP contribution in [0.1, 0.15) is 11.1 Å². The van der Waals surface area contributed by atoms with Crippen molar-refractivity contribution in [2.75, 3.05) is 5.73 Å². The third-order valence-corrected chi connectivity index (χ3v) is 3.84. The Hall–Kier alpha value is -2.41. The SMILES string of the molecule is Cc1ccccc1CSc1nc(N)nc(-n2cccn2)n1. The molecule has 0 spiro atoms. The molecule has 21 heavy (non-hydrogen) atoms. The Morgan fingerprint density at radius 2 is 2.00 bits per heavy atom. The number of nitrogens with two attached hydrogens (primary N) is 1. The molecule has 0 unspecified atom stereocenters. The Morgan fingerprint density at radius 1 is 1.14 bits per heavy atom. The first kappa shape index (κ1) is 13.6. The van der Waals surface area contributed by atoms with Crippen molar-refractivity contribution in [1.29, 1.82) is 0 Å². The summed E-state index contributed by atoms with van der Waals surface area (Å²) in [5, 5.41) is 4.69. The largest absolute Gasteiger partial charge is 0.368 e. The first-order valence-electron chi connectivity index (χ1n) is 6.41. The Morgan fingerprint density at radius 3 is 2.76 bits per heavy atom. The Labute approximate surface area is 126 Å². The van der Waals surface area contributed by atoms with E-state index in [9.17, 15) is 0 Å². The minimum atomic E-state index is 0.197. The minimum absolute atomic E-state index is 0.197. The van der Waals surface area contributed by atoms with Crippen LogP contribution in [0.5, 0.6) is 0 Å². The van der Waals surface area contributed by atoms with E-state index in [1.165, 1.54) is 22.9 Å². The van der Waals surface area contributed by atoms with Crippen molar-refractivity contribution in [3.05, 3.63) is 53.9 Å². The van der Waals surface area contributed by atoms with Crippen LogP contribution >= 0.6 is 11.8 Å². The lowest BCUT2D eigenvalue weighted by Gasteiger charge is -2.06. The number of thioether (sulfide) groups is 1. The van der Waals surface area contributed by atoms with Crippen molar-refractivity contribution < 1.29 is 0 Å². The lowest BCUT2D eigenvalue weighted by atomic mass is 10.1. The number of hydrogen-bond donors (Lipinski definition) is 1. The second-order valence-electron chi connectivity index (χ2n) is 4.44. The molecule has 3 rings (SSSR count). The lowest BCUT2D eigenvalue weighted by molar-refractivity contribution is 0.764. The molecule has 106 valence electrons. The standard InChI is InChI=1S/C14H14N6S/c1-10-5-2-3-6-11(10)9-21-14-18-12(15)17-13(19-14)20-8-4-7-16-20/h2-8H,9H2,1H3,(H2,15,17,18,19). The number of benzene rings is 1. The van der Waals surface area contributed by atoms with Crippen LogP contribution in [0, 0.1) is 6.92 Å². The fourth-order valence-electron chi connectivity index (χ4n) is 1.83. The molecule has 0 radical (unpaired) electrons. The number of anilines is 1. The van der Waals surface area contributed by atoms with Gasteiger partial charge < -0.3 is 5.73 Å². The molecule has 0 aliphatic rings. The van der Waals surface area contributed by atoms with Gasteiger partial charge in [-0.15, -0.1) is 0 Å². The highest BCUT2D eigenvalue weighted by Gasteiger charge is 2.08. The number of nitrogens with zero attached hydrogens (tertiary/aromatic N) is 5. The van der Waals surface area contributed by atoms with Gasteiger partial charge in [-0.2, -0.15) is 20.1 Å². The maximum atomic E-state index is 5.75. The van der Waals surface area contributed by atoms with E-state index >= 15 is 0 Å². The molecule has 0 bridgehead atoms. The summed E-state index contributed by atoms with van der Waals surface area (Å²) >= 11 is 1.53. The van der Waals surface area contributed by atoms with Crippen LogP contribution < -0.4 is 5.73 Å². The Kier molecular flexibility index (Phi) is 3.83. The van der Waals surface area contributed by atoms with Crippen LogP contribution in [0.4, 0.5) is 5.95 Å². The van der Waals surface area contributed by atoms with Gasteiger partial charge in [-0.3, -0.25) is 0 Å². The topological polar surface area (TPSA) is 82.5 Å². The van der Waals surface area contributed by atoms with Gasteiger partial charge in [0.2, 0.25) is 5.95 Å². The normalized spacial score (nSPS) is 10.7. The Bertz CT molecular complexity index is 741. The molecule has 0 saturated carbocycles. The summed E-state index contributed by atoms with van der Waals surface area (Å²) in [6.45, 7) is 2.09. The maximum absolute atomic E-state index is 5.75. The molecule has 0 fully saturated rings. The van der Waals surface area contributed by atoms with Crippen LogP contribution in [0.2, 0.25) is 0 Å². The summed E-state index contributed by atoms with van der Waals surface area (Å²) in [6.07, 6.45) is 3.44. The zero-order valence-corrected chi connectivity index (χ0v) is 12.3. The number of rotatable bonds is 4. The van der Waals surface area contributed by atoms with Gasteiger partial charge in [-0.1, -0.05) is 36.0 Å². The van der Waals surface area contributed by atoms with Crippen LogP contribution in [0.15, 0.2) is 47.9 Å². The van der Waals surface area contributed by atoms with Gasteiger partial charge >= 0.3 is 0 Å². The molecule has 0 atom stereocenters. The zero-order valence-electron chi connectivity index (χ0n) is 11.5. The van der Waals surface area contributed by atoms with E-state index in [-0.39, 0.29) is 5.95 Å². The monoisotopic (exact) mass is 298 g/mol. The molecule has 0 aliphatic heterocycles. The number of aryl methyl sites for hydroxylation is 1. The molecule has 6 nitrogen and oxygen atoms in total. The predicted octanol–water partition coefficient (Wildman–Crippen LogP) is 2.24. The smallest absolute Gasteiger partial charge is 0.256 e. The summed E-state index contributed by atoms with van der Waals surface area (Å²) in [6, 6.07) is 10.0. The van der Waals surface area contributed by atoms with E-state index in [4.69, 9.17) is 5.73 Å². The predicted molar refractivity (Wildman–Crippen MR) is 82.1 cm³/mol. The van der Waals surface area contributed by atoms with Gasteiger partial charge in [0.1, 0.15) is 0 Å². The number of aromatic nitrogens is 5. The summed E-state index contributed by atoms with van der Waals surface area (Å²) in [5.41, 5.74) is 8.25. The highest BCUT2D eigenvalue weighted by Crippen LogP contribution is 2.22. The maximum Gasteiger partial charge on any atom is 0.256 e. The van der Waals surface area contributed by atoms with Gasteiger partial charge in [-0.25, -0.2) is 4.68 Å². The van der Waals surface area contributed by atoms with Gasteiger partial charge in [0.25, 0.3) is 5.95 Å². The van der Waals surface area contributed by atoms with Crippen molar-refractivity contribution >= 4 is 17.7 Å². The van der Waals surface area contributed by atoms with Crippen molar-refractivity contribution in [2.45, 2.75) is 17.8 Å². The van der Waals surface area contributed by atoms with Gasteiger partial charge in [0.15, 0.2) is 5.16 Å². The van der Waals surface area contributed by atoms with E-state index in [1.54, 1.807) is 23.1 Å². The van der Waals surface area contributed by atoms with E-state index in [0.717, 1.165) is 5.75 Å². The van der Waals surface area contributed by atoms with Crippen molar-refractivity contribution in [3.8, 4) is 5.95 Å². The average Bonchev–Trinajstić information content (AvgIpc) is 3.00. The van der Waals surface area contributed by atoms with Crippen LogP contribution in [-0.4, -0.2) is 24.7 Å². The summed E-state index contributed by atoms with van der Waals surface area (Å²) in [4.78, 5) is 12.6. The molecule has 0 aliphatic carbocycles. The average molecular weight is 298 g/mol. The van der Waals surface area contributed by atoms with E-state index in [2.05, 4.69) is 39.1 Å². The fraction of sp³-hybridized carbons (Fsp3) is 0.143.